The Balaban J connectivity index is 2.11. The molecule has 20 heavy (non-hydrogen) atoms. The summed E-state index contributed by atoms with van der Waals surface area (Å²) in [6.07, 6.45) is 1.51. The first-order valence-electron chi connectivity index (χ1n) is 5.58. The summed E-state index contributed by atoms with van der Waals surface area (Å²) in [5.74, 6) is -0.722. The van der Waals surface area contributed by atoms with Crippen LogP contribution in [0, 0.1) is 0 Å². The van der Waals surface area contributed by atoms with Gasteiger partial charge in [-0.3, -0.25) is 9.78 Å². The van der Waals surface area contributed by atoms with Gasteiger partial charge >= 0.3 is 0 Å². The number of aromatic nitrogens is 1. The molecule has 0 unspecified atom stereocenters. The van der Waals surface area contributed by atoms with Crippen LogP contribution in [0.4, 0.5) is 0 Å². The number of phenolic OH excluding ortho intramolecular Hbond substituents is 1. The van der Waals surface area contributed by atoms with Gasteiger partial charge in [-0.05, 0) is 24.3 Å². The van der Waals surface area contributed by atoms with Crippen LogP contribution in [0.1, 0.15) is 16.1 Å². The number of hydrogen-bond acceptors (Lipinski definition) is 4. The molecule has 1 aromatic heterocycles. The Bertz CT molecular complexity index is 639. The van der Waals surface area contributed by atoms with Crippen LogP contribution in [0.2, 0.25) is 10.0 Å². The number of phenols is 1. The summed E-state index contributed by atoms with van der Waals surface area (Å²) in [7, 11) is 0. The van der Waals surface area contributed by atoms with Crippen LogP contribution < -0.4 is 5.32 Å². The number of carbonyl (C=O) groups excluding carboxylic acids is 1. The van der Waals surface area contributed by atoms with Crippen molar-refractivity contribution in [3.8, 4) is 11.5 Å². The number of benzene rings is 1. The van der Waals surface area contributed by atoms with E-state index in [0.717, 1.165) is 0 Å². The summed E-state index contributed by atoms with van der Waals surface area (Å²) < 4.78 is 0. The molecule has 2 aromatic rings. The summed E-state index contributed by atoms with van der Waals surface area (Å²) in [6.45, 7) is 0.0572. The first-order valence-corrected chi connectivity index (χ1v) is 6.33. The summed E-state index contributed by atoms with van der Waals surface area (Å²) in [5, 5.41) is 21.5. The standard InChI is InChI=1S/C13H10Cl2N2O3/c14-8-4-7(5-9(15)12(8)19)13(20)17-6-10-11(18)2-1-3-16-10/h1-5,18-19H,6H2,(H,17,20). The Hall–Kier alpha value is -1.98. The molecule has 0 aliphatic rings. The molecule has 0 atom stereocenters. The molecule has 0 fully saturated rings. The van der Waals surface area contributed by atoms with Gasteiger partial charge < -0.3 is 15.5 Å². The Labute approximate surface area is 124 Å². The molecule has 2 rings (SSSR count). The van der Waals surface area contributed by atoms with Crippen molar-refractivity contribution in [1.29, 1.82) is 0 Å². The molecule has 1 aromatic carbocycles. The van der Waals surface area contributed by atoms with Crippen molar-refractivity contribution in [2.45, 2.75) is 6.54 Å². The number of aromatic hydroxyl groups is 2. The predicted octanol–water partition coefficient (Wildman–Crippen LogP) is 2.73. The summed E-state index contributed by atoms with van der Waals surface area (Å²) in [6, 6.07) is 5.66. The number of pyridine rings is 1. The lowest BCUT2D eigenvalue weighted by molar-refractivity contribution is 0.0950. The van der Waals surface area contributed by atoms with Gasteiger partial charge in [-0.15, -0.1) is 0 Å². The highest BCUT2D eigenvalue weighted by Gasteiger charge is 2.13. The van der Waals surface area contributed by atoms with Crippen LogP contribution >= 0.6 is 23.2 Å². The highest BCUT2D eigenvalue weighted by atomic mass is 35.5. The molecule has 0 aliphatic carbocycles. The van der Waals surface area contributed by atoms with E-state index < -0.39 is 5.91 Å². The third-order valence-corrected chi connectivity index (χ3v) is 3.14. The Morgan fingerprint density at radius 1 is 1.25 bits per heavy atom. The number of halogens is 2. The maximum absolute atomic E-state index is 11.9. The van der Waals surface area contributed by atoms with Gasteiger partial charge in [-0.2, -0.15) is 0 Å². The van der Waals surface area contributed by atoms with E-state index in [0.29, 0.717) is 5.69 Å². The van der Waals surface area contributed by atoms with Crippen LogP contribution in [0.3, 0.4) is 0 Å². The highest BCUT2D eigenvalue weighted by Crippen LogP contribution is 2.32. The normalized spacial score (nSPS) is 10.3. The van der Waals surface area contributed by atoms with Crippen molar-refractivity contribution in [2.24, 2.45) is 0 Å². The number of amides is 1. The molecule has 0 aliphatic heterocycles. The third kappa shape index (κ3) is 3.12. The van der Waals surface area contributed by atoms with E-state index in [1.807, 2.05) is 0 Å². The van der Waals surface area contributed by atoms with E-state index in [4.69, 9.17) is 23.2 Å². The monoisotopic (exact) mass is 312 g/mol. The molecule has 0 bridgehead atoms. The van der Waals surface area contributed by atoms with Gasteiger partial charge in [0.05, 0.1) is 16.6 Å². The van der Waals surface area contributed by atoms with E-state index in [9.17, 15) is 15.0 Å². The van der Waals surface area contributed by atoms with Crippen molar-refractivity contribution in [2.75, 3.05) is 0 Å². The molecular weight excluding hydrogens is 303 g/mol. The molecular formula is C13H10Cl2N2O3. The van der Waals surface area contributed by atoms with Gasteiger partial charge in [-0.1, -0.05) is 23.2 Å². The van der Waals surface area contributed by atoms with Crippen LogP contribution in [0.15, 0.2) is 30.5 Å². The SMILES string of the molecule is O=C(NCc1ncccc1O)c1cc(Cl)c(O)c(Cl)c1. The minimum atomic E-state index is -0.446. The van der Waals surface area contributed by atoms with Gasteiger partial charge in [0.25, 0.3) is 5.91 Å². The first kappa shape index (κ1) is 14.4. The number of hydrogen-bond donors (Lipinski definition) is 3. The van der Waals surface area contributed by atoms with E-state index >= 15 is 0 Å². The van der Waals surface area contributed by atoms with Gasteiger partial charge in [0.15, 0.2) is 5.75 Å². The lowest BCUT2D eigenvalue weighted by atomic mass is 10.2. The van der Waals surface area contributed by atoms with Crippen molar-refractivity contribution in [3.63, 3.8) is 0 Å². The Kier molecular flexibility index (Phi) is 4.32. The van der Waals surface area contributed by atoms with Gasteiger partial charge in [0, 0.05) is 11.8 Å². The number of rotatable bonds is 3. The van der Waals surface area contributed by atoms with Gasteiger partial charge in [-0.25, -0.2) is 0 Å². The Morgan fingerprint density at radius 2 is 1.90 bits per heavy atom. The van der Waals surface area contributed by atoms with E-state index in [1.165, 1.54) is 24.4 Å². The molecule has 0 saturated carbocycles. The summed E-state index contributed by atoms with van der Waals surface area (Å²) in [5.41, 5.74) is 0.546. The minimum Gasteiger partial charge on any atom is -0.506 e. The van der Waals surface area contributed by atoms with Crippen LogP contribution in [0.25, 0.3) is 0 Å². The maximum Gasteiger partial charge on any atom is 0.251 e. The quantitative estimate of drug-likeness (QED) is 0.814. The lowest BCUT2D eigenvalue weighted by Gasteiger charge is -2.08. The Morgan fingerprint density at radius 3 is 2.50 bits per heavy atom. The highest BCUT2D eigenvalue weighted by molar-refractivity contribution is 6.37. The van der Waals surface area contributed by atoms with E-state index in [1.54, 1.807) is 6.07 Å². The molecule has 3 N–H and O–H groups in total. The predicted molar refractivity (Wildman–Crippen MR) is 75.2 cm³/mol. The topological polar surface area (TPSA) is 82.5 Å². The molecule has 5 nitrogen and oxygen atoms in total. The zero-order valence-corrected chi connectivity index (χ0v) is 11.6. The molecule has 7 heteroatoms. The van der Waals surface area contributed by atoms with E-state index in [-0.39, 0.29) is 33.7 Å². The average Bonchev–Trinajstić information content (AvgIpc) is 2.43. The fraction of sp³-hybridized carbons (Fsp3) is 0.0769. The first-order chi connectivity index (χ1) is 9.49. The van der Waals surface area contributed by atoms with Crippen molar-refractivity contribution in [1.82, 2.24) is 10.3 Å². The second-order valence-corrected chi connectivity index (χ2v) is 4.75. The zero-order chi connectivity index (χ0) is 14.7. The van der Waals surface area contributed by atoms with Crippen LogP contribution in [-0.4, -0.2) is 21.1 Å². The third-order valence-electron chi connectivity index (χ3n) is 2.56. The number of carbonyl (C=O) groups is 1. The minimum absolute atomic E-state index is 0.00503. The van der Waals surface area contributed by atoms with Crippen molar-refractivity contribution in [3.05, 3.63) is 51.8 Å². The van der Waals surface area contributed by atoms with Gasteiger partial charge in [0.2, 0.25) is 0 Å². The second kappa shape index (κ2) is 5.98. The number of nitrogens with one attached hydrogen (secondary N) is 1. The fourth-order valence-electron chi connectivity index (χ4n) is 1.53. The summed E-state index contributed by atoms with van der Waals surface area (Å²) >= 11 is 11.5. The zero-order valence-electron chi connectivity index (χ0n) is 10.1. The molecule has 1 heterocycles. The molecule has 0 radical (unpaired) electrons. The van der Waals surface area contributed by atoms with E-state index in [2.05, 4.69) is 10.3 Å². The second-order valence-electron chi connectivity index (χ2n) is 3.94. The molecule has 0 saturated heterocycles. The number of nitrogens with zero attached hydrogens (tertiary/aromatic N) is 1. The largest absolute Gasteiger partial charge is 0.506 e. The molecule has 0 spiro atoms. The fourth-order valence-corrected chi connectivity index (χ4v) is 2.02. The molecule has 1 amide bonds. The van der Waals surface area contributed by atoms with Crippen molar-refractivity contribution < 1.29 is 15.0 Å². The van der Waals surface area contributed by atoms with Gasteiger partial charge in [0.1, 0.15) is 11.4 Å². The summed E-state index contributed by atoms with van der Waals surface area (Å²) in [4.78, 5) is 15.9. The maximum atomic E-state index is 11.9. The average molecular weight is 313 g/mol. The van der Waals surface area contributed by atoms with Crippen molar-refractivity contribution >= 4 is 29.1 Å². The van der Waals surface area contributed by atoms with Crippen LogP contribution in [-0.2, 0) is 6.54 Å². The smallest absolute Gasteiger partial charge is 0.251 e. The molecule has 104 valence electrons. The van der Waals surface area contributed by atoms with Crippen LogP contribution in [0.5, 0.6) is 11.5 Å². The lowest BCUT2D eigenvalue weighted by Crippen LogP contribution is -2.23.